The van der Waals surface area contributed by atoms with Gasteiger partial charge in [-0.3, -0.25) is 4.79 Å². The van der Waals surface area contributed by atoms with Crippen molar-refractivity contribution in [1.29, 1.82) is 0 Å². The first-order valence-corrected chi connectivity index (χ1v) is 11.1. The lowest BCUT2D eigenvalue weighted by Crippen LogP contribution is -2.24. The van der Waals surface area contributed by atoms with E-state index in [0.717, 1.165) is 5.69 Å². The molecule has 32 heavy (non-hydrogen) atoms. The molecule has 2 atom stereocenters. The molecule has 1 aliphatic heterocycles. The largest absolute Gasteiger partial charge is 0.486 e. The molecule has 2 unspecified atom stereocenters. The second-order valence-electron chi connectivity index (χ2n) is 7.13. The smallest absolute Gasteiger partial charge is 0.237 e. The summed E-state index contributed by atoms with van der Waals surface area (Å²) in [5, 5.41) is 5.50. The molecule has 0 aliphatic carbocycles. The van der Waals surface area contributed by atoms with Crippen molar-refractivity contribution in [3.63, 3.8) is 0 Å². The molecule has 2 aromatic carbocycles. The number of carbonyl (C=O) groups is 1. The van der Waals surface area contributed by atoms with Gasteiger partial charge in [-0.2, -0.15) is 15.0 Å². The summed E-state index contributed by atoms with van der Waals surface area (Å²) < 4.78 is 11.1. The summed E-state index contributed by atoms with van der Waals surface area (Å²) in [5.74, 6) is 2.15. The number of aromatic nitrogens is 3. The Morgan fingerprint density at radius 1 is 1.00 bits per heavy atom. The highest BCUT2D eigenvalue weighted by Gasteiger charge is 2.22. The predicted octanol–water partition coefficient (Wildman–Crippen LogP) is 3.79. The average Bonchev–Trinajstić information content (AvgIpc) is 2.79. The number of ether oxygens (including phenoxy) is 2. The summed E-state index contributed by atoms with van der Waals surface area (Å²) in [5.41, 5.74) is 7.38. The topological polar surface area (TPSA) is 124 Å². The molecule has 0 bridgehead atoms. The minimum Gasteiger partial charge on any atom is -0.486 e. The Bertz CT molecular complexity index is 1100. The molecule has 0 saturated heterocycles. The van der Waals surface area contributed by atoms with Crippen LogP contribution in [0.3, 0.4) is 0 Å². The standard InChI is InChI=1S/C22H24N6O3S/c1-13(19-26-21(23)28-22(27-19)25-15-6-4-3-5-7-15)32-14(2)20(29)24-16-8-9-17-18(12-16)31-11-10-30-17/h3-9,12-14H,10-11H2,1-2H3,(H,24,29)(H3,23,25,26,27,28). The van der Waals surface area contributed by atoms with E-state index in [0.29, 0.717) is 42.2 Å². The van der Waals surface area contributed by atoms with Gasteiger partial charge in [-0.15, -0.1) is 11.8 Å². The lowest BCUT2D eigenvalue weighted by Gasteiger charge is -2.20. The van der Waals surface area contributed by atoms with Gasteiger partial charge in [-0.1, -0.05) is 18.2 Å². The molecular weight excluding hydrogens is 428 g/mol. The summed E-state index contributed by atoms with van der Waals surface area (Å²) in [6.45, 7) is 4.78. The van der Waals surface area contributed by atoms with Crippen molar-refractivity contribution in [1.82, 2.24) is 15.0 Å². The van der Waals surface area contributed by atoms with Crippen LogP contribution < -0.4 is 25.8 Å². The van der Waals surface area contributed by atoms with Crippen LogP contribution >= 0.6 is 11.8 Å². The van der Waals surface area contributed by atoms with Crippen molar-refractivity contribution >= 4 is 40.9 Å². The van der Waals surface area contributed by atoms with Crippen molar-refractivity contribution in [3.05, 3.63) is 54.4 Å². The molecule has 2 heterocycles. The van der Waals surface area contributed by atoms with E-state index in [-0.39, 0.29) is 22.4 Å². The summed E-state index contributed by atoms with van der Waals surface area (Å²) in [7, 11) is 0. The monoisotopic (exact) mass is 452 g/mol. The normalized spacial score (nSPS) is 14.3. The van der Waals surface area contributed by atoms with Gasteiger partial charge in [0, 0.05) is 17.4 Å². The molecule has 9 nitrogen and oxygen atoms in total. The number of nitrogens with zero attached hydrogens (tertiary/aromatic N) is 3. The maximum atomic E-state index is 12.7. The van der Waals surface area contributed by atoms with Crippen LogP contribution in [0.25, 0.3) is 0 Å². The quantitative estimate of drug-likeness (QED) is 0.491. The minimum atomic E-state index is -0.360. The second kappa shape index (κ2) is 9.73. The highest BCUT2D eigenvalue weighted by Crippen LogP contribution is 2.34. The third-order valence-corrected chi connectivity index (χ3v) is 5.89. The van der Waals surface area contributed by atoms with Gasteiger partial charge < -0.3 is 25.8 Å². The summed E-state index contributed by atoms with van der Waals surface area (Å²) in [4.78, 5) is 25.6. The molecule has 1 aromatic heterocycles. The van der Waals surface area contributed by atoms with Crippen LogP contribution in [0, 0.1) is 0 Å². The maximum absolute atomic E-state index is 12.7. The van der Waals surface area contributed by atoms with Gasteiger partial charge in [-0.05, 0) is 38.1 Å². The van der Waals surface area contributed by atoms with E-state index in [1.807, 2.05) is 44.2 Å². The average molecular weight is 453 g/mol. The van der Waals surface area contributed by atoms with Gasteiger partial charge in [0.15, 0.2) is 11.5 Å². The lowest BCUT2D eigenvalue weighted by molar-refractivity contribution is -0.115. The van der Waals surface area contributed by atoms with Gasteiger partial charge in [0.1, 0.15) is 19.0 Å². The summed E-state index contributed by atoms with van der Waals surface area (Å²) in [6, 6.07) is 14.9. The Morgan fingerprint density at radius 2 is 1.75 bits per heavy atom. The zero-order valence-electron chi connectivity index (χ0n) is 17.7. The van der Waals surface area contributed by atoms with Gasteiger partial charge in [0.2, 0.25) is 17.8 Å². The fourth-order valence-electron chi connectivity index (χ4n) is 3.09. The van der Waals surface area contributed by atoms with Crippen LogP contribution in [0.5, 0.6) is 11.5 Å². The molecular formula is C22H24N6O3S. The molecule has 3 aromatic rings. The van der Waals surface area contributed by atoms with E-state index < -0.39 is 0 Å². The molecule has 0 radical (unpaired) electrons. The van der Waals surface area contributed by atoms with Gasteiger partial charge in [0.25, 0.3) is 0 Å². The van der Waals surface area contributed by atoms with Crippen LogP contribution in [0.1, 0.15) is 24.9 Å². The number of carbonyl (C=O) groups excluding carboxylic acids is 1. The number of hydrogen-bond acceptors (Lipinski definition) is 9. The Hall–Kier alpha value is -3.53. The molecule has 0 fully saturated rings. The third kappa shape index (κ3) is 5.38. The molecule has 166 valence electrons. The number of thioether (sulfide) groups is 1. The Balaban J connectivity index is 1.39. The first-order valence-electron chi connectivity index (χ1n) is 10.2. The first kappa shape index (κ1) is 21.7. The molecule has 1 aliphatic rings. The number of hydrogen-bond donors (Lipinski definition) is 3. The molecule has 0 saturated carbocycles. The van der Waals surface area contributed by atoms with Crippen molar-refractivity contribution in [2.45, 2.75) is 24.3 Å². The Labute approximate surface area is 190 Å². The number of nitrogens with one attached hydrogen (secondary N) is 2. The maximum Gasteiger partial charge on any atom is 0.237 e. The van der Waals surface area contributed by atoms with Crippen molar-refractivity contribution in [2.75, 3.05) is 29.6 Å². The molecule has 10 heteroatoms. The van der Waals surface area contributed by atoms with Crippen LogP contribution in [0.15, 0.2) is 48.5 Å². The zero-order valence-corrected chi connectivity index (χ0v) is 18.6. The van der Waals surface area contributed by atoms with Gasteiger partial charge >= 0.3 is 0 Å². The number of nitrogen functional groups attached to an aromatic ring is 1. The predicted molar refractivity (Wildman–Crippen MR) is 125 cm³/mol. The van der Waals surface area contributed by atoms with E-state index in [4.69, 9.17) is 15.2 Å². The minimum absolute atomic E-state index is 0.120. The first-order chi connectivity index (χ1) is 15.5. The molecule has 4 rings (SSSR count). The third-order valence-electron chi connectivity index (χ3n) is 4.65. The number of rotatable bonds is 7. The molecule has 4 N–H and O–H groups in total. The van der Waals surface area contributed by atoms with E-state index in [9.17, 15) is 4.79 Å². The fourth-order valence-corrected chi connectivity index (χ4v) is 4.11. The van der Waals surface area contributed by atoms with E-state index in [2.05, 4.69) is 25.6 Å². The number of nitrogens with two attached hydrogens (primary N) is 1. The van der Waals surface area contributed by atoms with Gasteiger partial charge in [-0.25, -0.2) is 0 Å². The highest BCUT2D eigenvalue weighted by molar-refractivity contribution is 8.00. The van der Waals surface area contributed by atoms with Crippen LogP contribution in [-0.4, -0.2) is 39.3 Å². The van der Waals surface area contributed by atoms with Crippen LogP contribution in [-0.2, 0) is 4.79 Å². The highest BCUT2D eigenvalue weighted by atomic mass is 32.2. The number of benzene rings is 2. The molecule has 1 amide bonds. The zero-order chi connectivity index (χ0) is 22.5. The van der Waals surface area contributed by atoms with Crippen molar-refractivity contribution in [2.24, 2.45) is 0 Å². The SMILES string of the molecule is CC(SC(C)c1nc(N)nc(Nc2ccccc2)n1)C(=O)Nc1ccc2c(c1)OCCO2. The van der Waals surface area contributed by atoms with Crippen LogP contribution in [0.2, 0.25) is 0 Å². The van der Waals surface area contributed by atoms with Crippen LogP contribution in [0.4, 0.5) is 23.3 Å². The Morgan fingerprint density at radius 3 is 2.53 bits per heavy atom. The van der Waals surface area contributed by atoms with Crippen molar-refractivity contribution < 1.29 is 14.3 Å². The molecule has 0 spiro atoms. The number of para-hydroxylation sites is 1. The van der Waals surface area contributed by atoms with E-state index in [1.165, 1.54) is 11.8 Å². The summed E-state index contributed by atoms with van der Waals surface area (Å²) in [6.07, 6.45) is 0. The van der Waals surface area contributed by atoms with E-state index in [1.54, 1.807) is 18.2 Å². The lowest BCUT2D eigenvalue weighted by atomic mass is 10.2. The van der Waals surface area contributed by atoms with Crippen molar-refractivity contribution in [3.8, 4) is 11.5 Å². The summed E-state index contributed by atoms with van der Waals surface area (Å²) >= 11 is 1.43. The number of fused-ring (bicyclic) bond motifs is 1. The number of anilines is 4. The number of amides is 1. The Kier molecular flexibility index (Phi) is 6.60. The second-order valence-corrected chi connectivity index (χ2v) is 8.82. The van der Waals surface area contributed by atoms with E-state index >= 15 is 0 Å². The van der Waals surface area contributed by atoms with Gasteiger partial charge in [0.05, 0.1) is 10.5 Å². The fraction of sp³-hybridized carbons (Fsp3) is 0.273.